The summed E-state index contributed by atoms with van der Waals surface area (Å²) < 4.78 is 14.3. The van der Waals surface area contributed by atoms with Crippen molar-refractivity contribution in [3.05, 3.63) is 141 Å². The zero-order valence-electron chi connectivity index (χ0n) is 38.1. The zero-order chi connectivity index (χ0) is 43.3. The highest BCUT2D eigenvalue weighted by atomic mass is 16.5. The van der Waals surface area contributed by atoms with E-state index in [-0.39, 0.29) is 12.2 Å². The van der Waals surface area contributed by atoms with E-state index in [2.05, 4.69) is 86.6 Å². The molecule has 6 aromatic rings. The van der Waals surface area contributed by atoms with Gasteiger partial charge in [0, 0.05) is 33.4 Å². The quantitative estimate of drug-likeness (QED) is 0.160. The van der Waals surface area contributed by atoms with Crippen LogP contribution in [0.25, 0.3) is 44.5 Å². The first-order valence-corrected chi connectivity index (χ1v) is 24.9. The van der Waals surface area contributed by atoms with Gasteiger partial charge >= 0.3 is 0 Å². The highest BCUT2D eigenvalue weighted by Crippen LogP contribution is 2.50. The van der Waals surface area contributed by atoms with E-state index in [0.29, 0.717) is 11.5 Å². The number of aryl methyl sites for hydroxylation is 6. The standard InChI is InChI=1S/C60H64O4/c1-37-31-49(59(61)51(33-37)57-43-21-7-3-17-39(43)35-40-18-4-8-22-44(40)57)47-25-11-13-27-53(47)63-55-29-15-16-30-56(55)64-54-28-14-12-26-48(54)50-32-38(2)34-52(60(50)62)58-45-23-9-5-19-41(45)36-42-20-6-10-24-46(42)58/h11-14,25-28,31-36,55-56,61-62H,3-10,15-24,29-30H2,1-2H3. The Morgan fingerprint density at radius 2 is 0.703 bits per heavy atom. The van der Waals surface area contributed by atoms with Crippen molar-refractivity contribution in [1.29, 1.82) is 0 Å². The van der Waals surface area contributed by atoms with Crippen LogP contribution in [0.4, 0.5) is 0 Å². The Morgan fingerprint density at radius 1 is 0.375 bits per heavy atom. The Morgan fingerprint density at radius 3 is 1.08 bits per heavy atom. The number of hydrogen-bond acceptors (Lipinski definition) is 4. The van der Waals surface area contributed by atoms with E-state index in [4.69, 9.17) is 9.47 Å². The van der Waals surface area contributed by atoms with Crippen LogP contribution in [0, 0.1) is 13.8 Å². The number of benzene rings is 6. The molecule has 11 rings (SSSR count). The SMILES string of the molecule is Cc1cc(-c2ccccc2OC2CCCCC2Oc2ccccc2-c2cc(C)cc(-c3c4c(cc5c3CCCC5)CCCC4)c2O)c(O)c(-c2c3c(cc4c2CCCC4)CCCC3)c1. The summed E-state index contributed by atoms with van der Waals surface area (Å²) in [7, 11) is 0. The number of para-hydroxylation sites is 2. The van der Waals surface area contributed by atoms with Crippen LogP contribution < -0.4 is 9.47 Å². The maximum Gasteiger partial charge on any atom is 0.135 e. The van der Waals surface area contributed by atoms with Crippen molar-refractivity contribution >= 4 is 0 Å². The van der Waals surface area contributed by atoms with E-state index in [0.717, 1.165) is 133 Å². The predicted octanol–water partition coefficient (Wildman–Crippen LogP) is 14.7. The molecule has 64 heavy (non-hydrogen) atoms. The third-order valence-electron chi connectivity index (χ3n) is 15.5. The number of phenols is 2. The second-order valence-electron chi connectivity index (χ2n) is 19.9. The van der Waals surface area contributed by atoms with Crippen LogP contribution in [0.15, 0.2) is 84.9 Å². The molecule has 0 radical (unpaired) electrons. The minimum absolute atomic E-state index is 0.188. The summed E-state index contributed by atoms with van der Waals surface area (Å²) in [5, 5.41) is 25.0. The molecule has 0 heterocycles. The number of aromatic hydroxyl groups is 2. The van der Waals surface area contributed by atoms with Crippen LogP contribution in [0.1, 0.15) is 133 Å². The molecule has 328 valence electrons. The van der Waals surface area contributed by atoms with E-state index in [9.17, 15) is 10.2 Å². The normalized spacial score (nSPS) is 19.2. The van der Waals surface area contributed by atoms with E-state index in [1.165, 1.54) is 107 Å². The van der Waals surface area contributed by atoms with Gasteiger partial charge in [-0.05, 0) is 245 Å². The van der Waals surface area contributed by atoms with Crippen LogP contribution in [0.2, 0.25) is 0 Å². The van der Waals surface area contributed by atoms with Gasteiger partial charge in [0.05, 0.1) is 0 Å². The van der Waals surface area contributed by atoms with Crippen LogP contribution in [-0.2, 0) is 51.4 Å². The summed E-state index contributed by atoms with van der Waals surface area (Å²) in [6.07, 6.45) is 22.1. The fourth-order valence-corrected chi connectivity index (χ4v) is 12.5. The summed E-state index contributed by atoms with van der Waals surface area (Å²) in [5.74, 6) is 2.26. The summed E-state index contributed by atoms with van der Waals surface area (Å²) in [6.45, 7) is 4.33. The van der Waals surface area contributed by atoms with Gasteiger partial charge in [-0.3, -0.25) is 0 Å². The van der Waals surface area contributed by atoms with Crippen molar-refractivity contribution < 1.29 is 19.7 Å². The van der Waals surface area contributed by atoms with Gasteiger partial charge in [-0.15, -0.1) is 0 Å². The summed E-state index contributed by atoms with van der Waals surface area (Å²) >= 11 is 0. The van der Waals surface area contributed by atoms with E-state index in [1.807, 2.05) is 12.1 Å². The van der Waals surface area contributed by atoms with Gasteiger partial charge in [0.1, 0.15) is 35.2 Å². The number of ether oxygens (including phenoxy) is 2. The molecule has 2 unspecified atom stereocenters. The lowest BCUT2D eigenvalue weighted by molar-refractivity contribution is 0.0238. The average molecular weight is 849 g/mol. The molecule has 5 aliphatic rings. The molecule has 0 aliphatic heterocycles. The first kappa shape index (κ1) is 41.2. The van der Waals surface area contributed by atoms with Gasteiger partial charge in [0.25, 0.3) is 0 Å². The molecule has 4 nitrogen and oxygen atoms in total. The lowest BCUT2D eigenvalue weighted by Crippen LogP contribution is -2.39. The summed E-state index contributed by atoms with van der Waals surface area (Å²) in [4.78, 5) is 0. The first-order valence-electron chi connectivity index (χ1n) is 24.9. The Balaban J connectivity index is 0.933. The largest absolute Gasteiger partial charge is 0.507 e. The number of fused-ring (bicyclic) bond motifs is 4. The smallest absolute Gasteiger partial charge is 0.135 e. The lowest BCUT2D eigenvalue weighted by atomic mass is 9.76. The number of rotatable bonds is 8. The molecule has 0 aromatic heterocycles. The predicted molar refractivity (Wildman–Crippen MR) is 261 cm³/mol. The van der Waals surface area contributed by atoms with Crippen LogP contribution >= 0.6 is 0 Å². The Kier molecular flexibility index (Phi) is 11.3. The molecule has 1 saturated carbocycles. The minimum Gasteiger partial charge on any atom is -0.507 e. The molecule has 2 atom stereocenters. The second-order valence-corrected chi connectivity index (χ2v) is 19.9. The Bertz CT molecular complexity index is 2500. The van der Waals surface area contributed by atoms with Gasteiger partial charge < -0.3 is 19.7 Å². The molecule has 5 aliphatic carbocycles. The average Bonchev–Trinajstić information content (AvgIpc) is 3.32. The molecular formula is C60H64O4. The van der Waals surface area contributed by atoms with Crippen molar-refractivity contribution in [3.63, 3.8) is 0 Å². The topological polar surface area (TPSA) is 58.9 Å². The van der Waals surface area contributed by atoms with Gasteiger partial charge in [0.15, 0.2) is 0 Å². The fraction of sp³-hybridized carbons (Fsp3) is 0.400. The van der Waals surface area contributed by atoms with Crippen LogP contribution in [-0.4, -0.2) is 22.4 Å². The van der Waals surface area contributed by atoms with Crippen LogP contribution in [0.3, 0.4) is 0 Å². The summed E-state index contributed by atoms with van der Waals surface area (Å²) in [6, 6.07) is 30.3. The molecule has 0 saturated heterocycles. The Labute approximate surface area is 380 Å². The van der Waals surface area contributed by atoms with Crippen molar-refractivity contribution in [1.82, 2.24) is 0 Å². The monoisotopic (exact) mass is 848 g/mol. The van der Waals surface area contributed by atoms with Crippen molar-refractivity contribution in [2.75, 3.05) is 0 Å². The molecule has 4 heteroatoms. The maximum atomic E-state index is 12.5. The highest BCUT2D eigenvalue weighted by Gasteiger charge is 2.33. The van der Waals surface area contributed by atoms with Gasteiger partial charge in [-0.25, -0.2) is 0 Å². The summed E-state index contributed by atoms with van der Waals surface area (Å²) in [5.41, 5.74) is 22.1. The minimum atomic E-state index is -0.188. The highest BCUT2D eigenvalue weighted by molar-refractivity contribution is 5.90. The second kappa shape index (κ2) is 17.5. The van der Waals surface area contributed by atoms with Gasteiger partial charge in [-0.1, -0.05) is 48.5 Å². The third kappa shape index (κ3) is 7.59. The molecule has 0 bridgehead atoms. The molecule has 6 aromatic carbocycles. The van der Waals surface area contributed by atoms with Gasteiger partial charge in [-0.2, -0.15) is 0 Å². The van der Waals surface area contributed by atoms with Crippen molar-refractivity contribution in [3.8, 4) is 67.5 Å². The van der Waals surface area contributed by atoms with E-state index in [1.54, 1.807) is 0 Å². The van der Waals surface area contributed by atoms with Crippen LogP contribution in [0.5, 0.6) is 23.0 Å². The molecule has 0 amide bonds. The zero-order valence-corrected chi connectivity index (χ0v) is 38.1. The lowest BCUT2D eigenvalue weighted by Gasteiger charge is -2.33. The fourth-order valence-electron chi connectivity index (χ4n) is 12.5. The van der Waals surface area contributed by atoms with Crippen molar-refractivity contribution in [2.45, 2.75) is 154 Å². The van der Waals surface area contributed by atoms with E-state index < -0.39 is 0 Å². The molecule has 2 N–H and O–H groups in total. The number of phenolic OH excluding ortho intramolecular Hbond substituents is 2. The van der Waals surface area contributed by atoms with E-state index >= 15 is 0 Å². The number of hydrogen-bond donors (Lipinski definition) is 2. The van der Waals surface area contributed by atoms with Gasteiger partial charge in [0.2, 0.25) is 0 Å². The third-order valence-corrected chi connectivity index (χ3v) is 15.5. The molecular weight excluding hydrogens is 785 g/mol. The maximum absolute atomic E-state index is 12.5. The Hall–Kier alpha value is -5.48. The van der Waals surface area contributed by atoms with Crippen molar-refractivity contribution in [2.24, 2.45) is 0 Å². The molecule has 1 fully saturated rings. The molecule has 0 spiro atoms. The first-order chi connectivity index (χ1) is 31.4.